The Balaban J connectivity index is 1.72. The quantitative estimate of drug-likeness (QED) is 0.238. The Morgan fingerprint density at radius 1 is 0.703 bits per heavy atom. The summed E-state index contributed by atoms with van der Waals surface area (Å²) in [6.45, 7) is 0. The maximum Gasteiger partial charge on any atom is 0.169 e. The lowest BCUT2D eigenvalue weighted by Gasteiger charge is -2.43. The highest BCUT2D eigenvalue weighted by molar-refractivity contribution is 8.00. The molecule has 0 radical (unpaired) electrons. The number of hydrogen-bond donors (Lipinski definition) is 1. The molecule has 0 bridgehead atoms. The molecule has 0 saturated heterocycles. The summed E-state index contributed by atoms with van der Waals surface area (Å²) in [5, 5.41) is 14.6. The zero-order valence-electron chi connectivity index (χ0n) is 20.9. The third-order valence-corrected chi connectivity index (χ3v) is 12.0. The molecule has 1 fully saturated rings. The van der Waals surface area contributed by atoms with E-state index in [0.29, 0.717) is 5.31 Å². The average molecular weight is 525 g/mol. The van der Waals surface area contributed by atoms with Crippen molar-refractivity contribution in [2.75, 3.05) is 0 Å². The molecule has 0 spiro atoms. The molecule has 1 aliphatic rings. The van der Waals surface area contributed by atoms with Crippen LogP contribution in [0.2, 0.25) is 0 Å². The van der Waals surface area contributed by atoms with Crippen molar-refractivity contribution in [1.82, 2.24) is 0 Å². The highest BCUT2D eigenvalue weighted by Gasteiger charge is 2.47. The van der Waals surface area contributed by atoms with Gasteiger partial charge in [-0.1, -0.05) is 128 Å². The van der Waals surface area contributed by atoms with Gasteiger partial charge in [0.2, 0.25) is 0 Å². The fourth-order valence-corrected chi connectivity index (χ4v) is 9.94. The molecule has 2 nitrogen and oxygen atoms in total. The number of rotatable bonds is 8. The van der Waals surface area contributed by atoms with Crippen molar-refractivity contribution in [3.8, 4) is 0 Å². The molecule has 37 heavy (non-hydrogen) atoms. The van der Waals surface area contributed by atoms with Crippen LogP contribution in [0.1, 0.15) is 37.7 Å². The van der Waals surface area contributed by atoms with Gasteiger partial charge in [0.15, 0.2) is 7.14 Å². The lowest BCUT2D eigenvalue weighted by atomic mass is 9.83. The molecular formula is C33H33O2PS. The van der Waals surface area contributed by atoms with E-state index >= 15 is 4.57 Å². The molecule has 0 aliphatic heterocycles. The van der Waals surface area contributed by atoms with Gasteiger partial charge in [-0.25, -0.2) is 0 Å². The highest BCUT2D eigenvalue weighted by atomic mass is 32.2. The van der Waals surface area contributed by atoms with Gasteiger partial charge in [-0.2, -0.15) is 0 Å². The van der Waals surface area contributed by atoms with Gasteiger partial charge < -0.3 is 9.67 Å². The zero-order valence-corrected chi connectivity index (χ0v) is 22.7. The van der Waals surface area contributed by atoms with Crippen LogP contribution in [0.15, 0.2) is 132 Å². The summed E-state index contributed by atoms with van der Waals surface area (Å²) in [6, 6.07) is 39.7. The standard InChI is InChI=1S/C33H33O2PS/c34-32(33(24-14-5-15-25-33)37-30-22-12-4-13-23-30)31(26-27-16-6-1-7-17-27)36(35,28-18-8-2-9-19-28)29-20-10-3-11-21-29/h1-4,6-13,16-23,26,32,34H,5,14-15,24-25H2/b31-26+. The van der Waals surface area contributed by atoms with Crippen LogP contribution in [0.25, 0.3) is 6.08 Å². The van der Waals surface area contributed by atoms with Gasteiger partial charge in [0.25, 0.3) is 0 Å². The van der Waals surface area contributed by atoms with Crippen molar-refractivity contribution in [3.63, 3.8) is 0 Å². The molecular weight excluding hydrogens is 491 g/mol. The maximum atomic E-state index is 15.6. The number of aliphatic hydroxyl groups is 1. The Morgan fingerprint density at radius 3 is 1.68 bits per heavy atom. The second-order valence-corrected chi connectivity index (χ2v) is 14.0. The van der Waals surface area contributed by atoms with Gasteiger partial charge >= 0.3 is 0 Å². The molecule has 188 valence electrons. The van der Waals surface area contributed by atoms with Crippen molar-refractivity contribution in [2.24, 2.45) is 0 Å². The molecule has 1 aliphatic carbocycles. The van der Waals surface area contributed by atoms with E-state index in [2.05, 4.69) is 12.1 Å². The van der Waals surface area contributed by atoms with E-state index in [1.165, 1.54) is 0 Å². The average Bonchev–Trinajstić information content (AvgIpc) is 2.97. The van der Waals surface area contributed by atoms with Crippen LogP contribution in [0, 0.1) is 0 Å². The largest absolute Gasteiger partial charge is 0.387 e. The molecule has 0 amide bonds. The summed E-state index contributed by atoms with van der Waals surface area (Å²) in [7, 11) is -3.37. The summed E-state index contributed by atoms with van der Waals surface area (Å²) in [4.78, 5) is 1.14. The summed E-state index contributed by atoms with van der Waals surface area (Å²) in [5.41, 5.74) is 0.944. The van der Waals surface area contributed by atoms with Crippen LogP contribution >= 0.6 is 18.9 Å². The SMILES string of the molecule is O=P(/C(=C/c1ccccc1)C(O)C1(Sc2ccccc2)CCCCC1)(c1ccccc1)c1ccccc1. The first-order valence-corrected chi connectivity index (χ1v) is 15.5. The summed E-state index contributed by atoms with van der Waals surface area (Å²) < 4.78 is 15.1. The molecule has 1 atom stereocenters. The highest BCUT2D eigenvalue weighted by Crippen LogP contribution is 2.59. The normalized spacial score (nSPS) is 16.7. The molecule has 1 N–H and O–H groups in total. The Morgan fingerprint density at radius 2 is 1.16 bits per heavy atom. The molecule has 0 aromatic heterocycles. The Kier molecular flexibility index (Phi) is 8.15. The second-order valence-electron chi connectivity index (χ2n) is 9.70. The van der Waals surface area contributed by atoms with Crippen LogP contribution in [0.4, 0.5) is 0 Å². The fraction of sp³-hybridized carbons (Fsp3) is 0.212. The minimum absolute atomic E-state index is 0.459. The minimum Gasteiger partial charge on any atom is -0.387 e. The first-order valence-electron chi connectivity index (χ1n) is 13.0. The number of aliphatic hydroxyl groups excluding tert-OH is 1. The van der Waals surface area contributed by atoms with Crippen LogP contribution < -0.4 is 10.6 Å². The van der Waals surface area contributed by atoms with E-state index in [4.69, 9.17) is 0 Å². The van der Waals surface area contributed by atoms with E-state index in [0.717, 1.165) is 53.2 Å². The van der Waals surface area contributed by atoms with Crippen molar-refractivity contribution < 1.29 is 9.67 Å². The summed E-state index contributed by atoms with van der Waals surface area (Å²) in [5.74, 6) is 0. The predicted molar refractivity (Wildman–Crippen MR) is 158 cm³/mol. The van der Waals surface area contributed by atoms with E-state index in [-0.39, 0.29) is 0 Å². The van der Waals surface area contributed by atoms with Crippen molar-refractivity contribution >= 4 is 35.6 Å². The molecule has 1 saturated carbocycles. The molecule has 4 heteroatoms. The third kappa shape index (κ3) is 5.55. The molecule has 0 heterocycles. The van der Waals surface area contributed by atoms with Gasteiger partial charge in [-0.05, 0) is 36.6 Å². The number of thioether (sulfide) groups is 1. The lowest BCUT2D eigenvalue weighted by molar-refractivity contribution is 0.144. The van der Waals surface area contributed by atoms with Gasteiger partial charge in [0.05, 0.1) is 10.9 Å². The second kappa shape index (κ2) is 11.7. The zero-order chi connectivity index (χ0) is 25.6. The Labute approximate surface area is 224 Å². The van der Waals surface area contributed by atoms with Gasteiger partial charge in [-0.3, -0.25) is 0 Å². The van der Waals surface area contributed by atoms with Crippen LogP contribution in [0.3, 0.4) is 0 Å². The van der Waals surface area contributed by atoms with E-state index in [9.17, 15) is 5.11 Å². The van der Waals surface area contributed by atoms with E-state index in [1.807, 2.05) is 115 Å². The van der Waals surface area contributed by atoms with Crippen molar-refractivity contribution in [2.45, 2.75) is 47.9 Å². The predicted octanol–water partition coefficient (Wildman–Crippen LogP) is 7.90. The molecule has 4 aromatic rings. The lowest BCUT2D eigenvalue weighted by Crippen LogP contribution is -2.43. The first kappa shape index (κ1) is 25.8. The smallest absolute Gasteiger partial charge is 0.169 e. The van der Waals surface area contributed by atoms with E-state index in [1.54, 1.807) is 11.8 Å². The maximum absolute atomic E-state index is 15.6. The Hall–Kier alpha value is -2.84. The van der Waals surface area contributed by atoms with Crippen molar-refractivity contribution in [3.05, 3.63) is 132 Å². The van der Waals surface area contributed by atoms with Gasteiger partial charge in [0.1, 0.15) is 0 Å². The monoisotopic (exact) mass is 524 g/mol. The summed E-state index contributed by atoms with van der Waals surface area (Å²) in [6.07, 6.45) is 6.13. The van der Waals surface area contributed by atoms with E-state index < -0.39 is 18.0 Å². The number of benzene rings is 4. The Bertz CT molecular complexity index is 1310. The minimum atomic E-state index is -3.37. The third-order valence-electron chi connectivity index (χ3n) is 7.26. The van der Waals surface area contributed by atoms with Gasteiger partial charge in [-0.15, -0.1) is 11.8 Å². The summed E-state index contributed by atoms with van der Waals surface area (Å²) >= 11 is 1.75. The van der Waals surface area contributed by atoms with Gasteiger partial charge in [0, 0.05) is 20.8 Å². The van der Waals surface area contributed by atoms with Crippen molar-refractivity contribution in [1.29, 1.82) is 0 Å². The van der Waals surface area contributed by atoms with Crippen LogP contribution in [0.5, 0.6) is 0 Å². The number of hydrogen-bond acceptors (Lipinski definition) is 3. The van der Waals surface area contributed by atoms with Crippen LogP contribution in [-0.2, 0) is 4.57 Å². The molecule has 1 unspecified atom stereocenters. The fourth-order valence-electron chi connectivity index (χ4n) is 5.36. The molecule has 4 aromatic carbocycles. The first-order chi connectivity index (χ1) is 18.1. The topological polar surface area (TPSA) is 37.3 Å². The molecule has 5 rings (SSSR count). The van der Waals surface area contributed by atoms with Crippen LogP contribution in [-0.4, -0.2) is 16.0 Å².